The zero-order chi connectivity index (χ0) is 27.7. The second kappa shape index (κ2) is 11.2. The second-order valence-corrected chi connectivity index (χ2v) is 12.4. The molecule has 0 spiro atoms. The van der Waals surface area contributed by atoms with E-state index in [0.29, 0.717) is 43.3 Å². The van der Waals surface area contributed by atoms with Crippen molar-refractivity contribution in [3.63, 3.8) is 0 Å². The molecule has 2 heterocycles. The highest BCUT2D eigenvalue weighted by Gasteiger charge is 2.40. The topological polar surface area (TPSA) is 64.2 Å². The van der Waals surface area contributed by atoms with Crippen LogP contribution in [0.15, 0.2) is 71.6 Å². The van der Waals surface area contributed by atoms with Crippen molar-refractivity contribution in [2.45, 2.75) is 24.8 Å². The zero-order valence-electron chi connectivity index (χ0n) is 22.1. The van der Waals surface area contributed by atoms with Gasteiger partial charge in [-0.15, -0.1) is 0 Å². The molecule has 7 nitrogen and oxygen atoms in total. The lowest BCUT2D eigenvalue weighted by Gasteiger charge is -2.45. The molecule has 0 radical (unpaired) electrons. The van der Waals surface area contributed by atoms with Crippen LogP contribution in [0.4, 0.5) is 15.8 Å². The molecule has 206 valence electrons. The van der Waals surface area contributed by atoms with Crippen LogP contribution < -0.4 is 9.80 Å². The van der Waals surface area contributed by atoms with Crippen molar-refractivity contribution < 1.29 is 17.6 Å². The van der Waals surface area contributed by atoms with Crippen LogP contribution in [0.2, 0.25) is 5.02 Å². The number of benzene rings is 3. The highest BCUT2D eigenvalue weighted by atomic mass is 35.5. The number of halogens is 2. The number of sulfonamides is 1. The Morgan fingerprint density at radius 2 is 1.59 bits per heavy atom. The fourth-order valence-corrected chi connectivity index (χ4v) is 7.23. The molecule has 1 atom stereocenters. The number of para-hydroxylation sites is 1. The Bertz CT molecular complexity index is 1480. The maximum atomic E-state index is 14.0. The number of nitrogens with zero attached hydrogens (tertiary/aromatic N) is 4. The molecule has 3 aromatic rings. The van der Waals surface area contributed by atoms with Crippen molar-refractivity contribution in [2.24, 2.45) is 0 Å². The monoisotopic (exact) mass is 570 g/mol. The standard InChI is InChI=1S/C29H32ClFN4O3S/c1-21-6-3-4-9-26(21)32-12-14-33(15-13-32)29(36)28-20-34(39(37,38)25-8-5-7-23(30)19-25)16-17-35(28)27-11-10-24(31)18-22(27)2/h3-11,18-19,28H,12-17,20H2,1-2H3. The van der Waals surface area contributed by atoms with Crippen LogP contribution >= 0.6 is 11.6 Å². The molecule has 2 aliphatic rings. The summed E-state index contributed by atoms with van der Waals surface area (Å²) in [5.41, 5.74) is 3.77. The van der Waals surface area contributed by atoms with E-state index in [-0.39, 0.29) is 29.7 Å². The number of carbonyl (C=O) groups excluding carboxylic acids is 1. The Morgan fingerprint density at radius 3 is 2.28 bits per heavy atom. The van der Waals surface area contributed by atoms with Gasteiger partial charge in [-0.2, -0.15) is 4.31 Å². The quantitative estimate of drug-likeness (QED) is 0.457. The molecule has 2 fully saturated rings. The van der Waals surface area contributed by atoms with Gasteiger partial charge in [-0.1, -0.05) is 35.9 Å². The third-order valence-corrected chi connectivity index (χ3v) is 9.67. The number of anilines is 2. The van der Waals surface area contributed by atoms with E-state index < -0.39 is 16.1 Å². The summed E-state index contributed by atoms with van der Waals surface area (Å²) < 4.78 is 42.3. The van der Waals surface area contributed by atoms with E-state index in [1.807, 2.05) is 21.9 Å². The van der Waals surface area contributed by atoms with Gasteiger partial charge in [-0.05, 0) is 67.4 Å². The van der Waals surface area contributed by atoms with Crippen LogP contribution in [-0.2, 0) is 14.8 Å². The summed E-state index contributed by atoms with van der Waals surface area (Å²) in [5.74, 6) is -0.484. The molecule has 1 unspecified atom stereocenters. The van der Waals surface area contributed by atoms with Gasteiger partial charge < -0.3 is 14.7 Å². The van der Waals surface area contributed by atoms with Crippen LogP contribution in [0.3, 0.4) is 0 Å². The first kappa shape index (κ1) is 27.4. The Morgan fingerprint density at radius 1 is 0.846 bits per heavy atom. The van der Waals surface area contributed by atoms with Crippen LogP contribution in [0.1, 0.15) is 11.1 Å². The minimum Gasteiger partial charge on any atom is -0.368 e. The lowest BCUT2D eigenvalue weighted by atomic mass is 10.1. The number of piperazine rings is 2. The molecule has 0 bridgehead atoms. The molecule has 0 N–H and O–H groups in total. The van der Waals surface area contributed by atoms with E-state index in [2.05, 4.69) is 24.0 Å². The first-order chi connectivity index (χ1) is 18.6. The molecule has 1 amide bonds. The molecule has 3 aromatic carbocycles. The van der Waals surface area contributed by atoms with Crippen LogP contribution in [-0.4, -0.2) is 75.4 Å². The van der Waals surface area contributed by atoms with Crippen LogP contribution in [0, 0.1) is 19.7 Å². The largest absolute Gasteiger partial charge is 0.368 e. The van der Waals surface area contributed by atoms with E-state index in [4.69, 9.17) is 11.6 Å². The number of hydrogen-bond acceptors (Lipinski definition) is 5. The Labute approximate surface area is 234 Å². The molecular weight excluding hydrogens is 539 g/mol. The SMILES string of the molecule is Cc1ccccc1N1CCN(C(=O)C2CN(S(=O)(=O)c3cccc(Cl)c3)CCN2c2ccc(F)cc2C)CC1. The highest BCUT2D eigenvalue weighted by molar-refractivity contribution is 7.89. The summed E-state index contributed by atoms with van der Waals surface area (Å²) in [6.45, 7) is 6.78. The molecule has 10 heteroatoms. The molecule has 5 rings (SSSR count). The third kappa shape index (κ3) is 5.62. The number of rotatable bonds is 5. The van der Waals surface area contributed by atoms with E-state index in [1.165, 1.54) is 34.1 Å². The summed E-state index contributed by atoms with van der Waals surface area (Å²) in [4.78, 5) is 20.2. The molecule has 0 saturated carbocycles. The lowest BCUT2D eigenvalue weighted by Crippen LogP contribution is -2.62. The number of hydrogen-bond donors (Lipinski definition) is 0. The van der Waals surface area contributed by atoms with Crippen molar-refractivity contribution in [2.75, 3.05) is 55.6 Å². The fraction of sp³-hybridized carbons (Fsp3) is 0.345. The third-order valence-electron chi connectivity index (χ3n) is 7.58. The predicted octanol–water partition coefficient (Wildman–Crippen LogP) is 4.32. The van der Waals surface area contributed by atoms with Gasteiger partial charge in [-0.3, -0.25) is 4.79 Å². The van der Waals surface area contributed by atoms with Crippen molar-refractivity contribution in [3.05, 3.63) is 88.7 Å². The number of carbonyl (C=O) groups is 1. The van der Waals surface area contributed by atoms with Gasteiger partial charge in [0, 0.05) is 62.2 Å². The summed E-state index contributed by atoms with van der Waals surface area (Å²) >= 11 is 6.08. The molecule has 0 aliphatic carbocycles. The summed E-state index contributed by atoms with van der Waals surface area (Å²) in [6, 6.07) is 18.1. The number of amides is 1. The van der Waals surface area contributed by atoms with Crippen molar-refractivity contribution >= 4 is 38.9 Å². The van der Waals surface area contributed by atoms with Gasteiger partial charge >= 0.3 is 0 Å². The lowest BCUT2D eigenvalue weighted by molar-refractivity contribution is -0.133. The molecular formula is C29H32ClFN4O3S. The summed E-state index contributed by atoms with van der Waals surface area (Å²) in [6.07, 6.45) is 0. The first-order valence-corrected chi connectivity index (χ1v) is 14.8. The van der Waals surface area contributed by atoms with Crippen molar-refractivity contribution in [1.82, 2.24) is 9.21 Å². The van der Waals surface area contributed by atoms with Crippen molar-refractivity contribution in [3.8, 4) is 0 Å². The van der Waals surface area contributed by atoms with Gasteiger partial charge in [0.1, 0.15) is 11.9 Å². The highest BCUT2D eigenvalue weighted by Crippen LogP contribution is 2.30. The van der Waals surface area contributed by atoms with E-state index in [1.54, 1.807) is 25.1 Å². The van der Waals surface area contributed by atoms with Crippen molar-refractivity contribution in [1.29, 1.82) is 0 Å². The zero-order valence-corrected chi connectivity index (χ0v) is 23.6. The Hall–Kier alpha value is -3.14. The first-order valence-electron chi connectivity index (χ1n) is 13.0. The van der Waals surface area contributed by atoms with Gasteiger partial charge in [0.05, 0.1) is 4.90 Å². The molecule has 39 heavy (non-hydrogen) atoms. The van der Waals surface area contributed by atoms with Gasteiger partial charge in [0.15, 0.2) is 0 Å². The average molecular weight is 571 g/mol. The Kier molecular flexibility index (Phi) is 7.84. The minimum absolute atomic E-state index is 0.0114. The van der Waals surface area contributed by atoms with E-state index >= 15 is 0 Å². The van der Waals surface area contributed by atoms with Gasteiger partial charge in [-0.25, -0.2) is 12.8 Å². The van der Waals surface area contributed by atoms with Gasteiger partial charge in [0.2, 0.25) is 15.9 Å². The minimum atomic E-state index is -3.87. The van der Waals surface area contributed by atoms with Gasteiger partial charge in [0.25, 0.3) is 0 Å². The molecule has 0 aromatic heterocycles. The smallest absolute Gasteiger partial charge is 0.246 e. The maximum Gasteiger partial charge on any atom is 0.246 e. The predicted molar refractivity (Wildman–Crippen MR) is 152 cm³/mol. The van der Waals surface area contributed by atoms with Crippen LogP contribution in [0.25, 0.3) is 0 Å². The Balaban J connectivity index is 1.41. The maximum absolute atomic E-state index is 14.0. The summed E-state index contributed by atoms with van der Waals surface area (Å²) in [7, 11) is -3.87. The fourth-order valence-electron chi connectivity index (χ4n) is 5.49. The van der Waals surface area contributed by atoms with Crippen LogP contribution in [0.5, 0.6) is 0 Å². The van der Waals surface area contributed by atoms with E-state index in [9.17, 15) is 17.6 Å². The molecule has 2 aliphatic heterocycles. The molecule has 2 saturated heterocycles. The summed E-state index contributed by atoms with van der Waals surface area (Å²) in [5, 5.41) is 0.329. The average Bonchev–Trinajstić information content (AvgIpc) is 2.93. The normalized spacial score (nSPS) is 18.9. The number of aryl methyl sites for hydroxylation is 2. The second-order valence-electron chi connectivity index (χ2n) is 10.1. The van der Waals surface area contributed by atoms with E-state index in [0.717, 1.165) is 11.4 Å².